The maximum atomic E-state index is 11.9. The predicted octanol–water partition coefficient (Wildman–Crippen LogP) is 4.56. The average Bonchev–Trinajstić information content (AvgIpc) is 2.42. The molecule has 2 nitrogen and oxygen atoms in total. The molecule has 96 valence electrons. The summed E-state index contributed by atoms with van der Waals surface area (Å²) in [5, 5.41) is 3.43. The fourth-order valence-corrected chi connectivity index (χ4v) is 1.78. The first-order chi connectivity index (χ1) is 9.15. The van der Waals surface area contributed by atoms with E-state index in [9.17, 15) is 4.79 Å². The maximum absolute atomic E-state index is 11.9. The van der Waals surface area contributed by atoms with Crippen LogP contribution in [0.4, 0.5) is 5.69 Å². The fourth-order valence-electron chi connectivity index (χ4n) is 1.49. The molecule has 0 radical (unpaired) electrons. The van der Waals surface area contributed by atoms with Crippen LogP contribution in [0.15, 0.2) is 59.6 Å². The zero-order chi connectivity index (χ0) is 13.7. The minimum atomic E-state index is -0.354. The number of amides is 1. The Morgan fingerprint density at radius 1 is 1.00 bits per heavy atom. The first-order valence-electron chi connectivity index (χ1n) is 5.64. The Kier molecular flexibility index (Phi) is 4.61. The molecule has 0 fully saturated rings. The topological polar surface area (TPSA) is 29.1 Å². The van der Waals surface area contributed by atoms with E-state index in [-0.39, 0.29) is 10.9 Å². The zero-order valence-electron chi connectivity index (χ0n) is 9.94. The number of rotatable bonds is 3. The molecule has 0 saturated heterocycles. The molecule has 0 heterocycles. The van der Waals surface area contributed by atoms with Crippen molar-refractivity contribution in [2.24, 2.45) is 0 Å². The molecule has 0 aliphatic carbocycles. The molecule has 0 aliphatic rings. The molecular weight excluding hydrogens is 281 g/mol. The first-order valence-corrected chi connectivity index (χ1v) is 6.40. The lowest BCUT2D eigenvalue weighted by atomic mass is 10.2. The van der Waals surface area contributed by atoms with Gasteiger partial charge in [0.15, 0.2) is 0 Å². The number of hydrogen-bond acceptors (Lipinski definition) is 1. The molecule has 0 aliphatic heterocycles. The van der Waals surface area contributed by atoms with Gasteiger partial charge in [0.25, 0.3) is 5.91 Å². The normalized spacial score (nSPS) is 11.2. The van der Waals surface area contributed by atoms with Gasteiger partial charge in [-0.05, 0) is 35.9 Å². The molecule has 2 rings (SSSR count). The van der Waals surface area contributed by atoms with Crippen molar-refractivity contribution in [1.29, 1.82) is 0 Å². The minimum Gasteiger partial charge on any atom is -0.321 e. The maximum Gasteiger partial charge on any atom is 0.267 e. The molecule has 0 spiro atoms. The summed E-state index contributed by atoms with van der Waals surface area (Å²) in [7, 11) is 0. The van der Waals surface area contributed by atoms with Crippen molar-refractivity contribution in [2.45, 2.75) is 0 Å². The summed E-state index contributed by atoms with van der Waals surface area (Å²) >= 11 is 11.7. The Hall–Kier alpha value is -1.77. The molecule has 1 N–H and O–H groups in total. The third-order valence-corrected chi connectivity index (χ3v) is 2.94. The lowest BCUT2D eigenvalue weighted by molar-refractivity contribution is -0.112. The van der Waals surface area contributed by atoms with Crippen LogP contribution in [0.5, 0.6) is 0 Å². The van der Waals surface area contributed by atoms with Crippen molar-refractivity contribution in [3.63, 3.8) is 0 Å². The van der Waals surface area contributed by atoms with Gasteiger partial charge in [0.2, 0.25) is 0 Å². The number of hydrogen-bond donors (Lipinski definition) is 1. The van der Waals surface area contributed by atoms with Crippen molar-refractivity contribution in [3.8, 4) is 0 Å². The first kappa shape index (κ1) is 13.7. The Morgan fingerprint density at radius 2 is 1.63 bits per heavy atom. The van der Waals surface area contributed by atoms with Crippen molar-refractivity contribution >= 4 is 40.9 Å². The lowest BCUT2D eigenvalue weighted by Gasteiger charge is -2.04. The smallest absolute Gasteiger partial charge is 0.267 e. The van der Waals surface area contributed by atoms with Gasteiger partial charge in [0.05, 0.1) is 0 Å². The van der Waals surface area contributed by atoms with Crippen LogP contribution in [0.2, 0.25) is 5.02 Å². The highest BCUT2D eigenvalue weighted by Gasteiger charge is 2.06. The molecular formula is C15H11Cl2NO. The van der Waals surface area contributed by atoms with Crippen molar-refractivity contribution < 1.29 is 4.79 Å². The van der Waals surface area contributed by atoms with Crippen LogP contribution in [0.3, 0.4) is 0 Å². The van der Waals surface area contributed by atoms with E-state index < -0.39 is 0 Å². The van der Waals surface area contributed by atoms with Crippen LogP contribution in [-0.2, 0) is 4.79 Å². The quantitative estimate of drug-likeness (QED) is 0.826. The summed E-state index contributed by atoms with van der Waals surface area (Å²) < 4.78 is 0. The molecule has 0 atom stereocenters. The summed E-state index contributed by atoms with van der Waals surface area (Å²) in [5.74, 6) is -0.354. The average molecular weight is 292 g/mol. The van der Waals surface area contributed by atoms with Crippen LogP contribution in [0, 0.1) is 0 Å². The van der Waals surface area contributed by atoms with Crippen LogP contribution in [0.25, 0.3) is 6.08 Å². The number of benzene rings is 2. The van der Waals surface area contributed by atoms with Gasteiger partial charge in [0.1, 0.15) is 5.03 Å². The standard InChI is InChI=1S/C15H11Cl2NO/c16-12-6-8-13(9-7-12)18-15(19)14(17)10-11-4-2-1-3-5-11/h1-10H,(H,18,19)/b14-10+. The van der Waals surface area contributed by atoms with Gasteiger partial charge in [-0.1, -0.05) is 53.5 Å². The van der Waals surface area contributed by atoms with Gasteiger partial charge in [-0.25, -0.2) is 0 Å². The molecule has 0 saturated carbocycles. The fraction of sp³-hybridized carbons (Fsp3) is 0. The highest BCUT2D eigenvalue weighted by molar-refractivity contribution is 6.45. The summed E-state index contributed by atoms with van der Waals surface area (Å²) in [6.07, 6.45) is 1.62. The highest BCUT2D eigenvalue weighted by atomic mass is 35.5. The van der Waals surface area contributed by atoms with Gasteiger partial charge in [-0.15, -0.1) is 0 Å². The van der Waals surface area contributed by atoms with Crippen molar-refractivity contribution in [3.05, 3.63) is 70.2 Å². The molecule has 0 unspecified atom stereocenters. The number of anilines is 1. The number of halogens is 2. The van der Waals surface area contributed by atoms with Gasteiger partial charge in [-0.3, -0.25) is 4.79 Å². The molecule has 4 heteroatoms. The second-order valence-electron chi connectivity index (χ2n) is 3.86. The summed E-state index contributed by atoms with van der Waals surface area (Å²) in [4.78, 5) is 11.9. The Morgan fingerprint density at radius 3 is 2.26 bits per heavy atom. The van der Waals surface area contributed by atoms with Crippen LogP contribution < -0.4 is 5.32 Å². The van der Waals surface area contributed by atoms with Crippen LogP contribution in [-0.4, -0.2) is 5.91 Å². The molecule has 0 bridgehead atoms. The molecule has 2 aromatic carbocycles. The number of carbonyl (C=O) groups is 1. The van der Waals surface area contributed by atoms with E-state index in [2.05, 4.69) is 5.32 Å². The third-order valence-electron chi connectivity index (χ3n) is 2.41. The monoisotopic (exact) mass is 291 g/mol. The molecule has 19 heavy (non-hydrogen) atoms. The minimum absolute atomic E-state index is 0.126. The Bertz CT molecular complexity index is 591. The lowest BCUT2D eigenvalue weighted by Crippen LogP contribution is -2.11. The molecule has 2 aromatic rings. The second-order valence-corrected chi connectivity index (χ2v) is 4.71. The predicted molar refractivity (Wildman–Crippen MR) is 80.4 cm³/mol. The van der Waals surface area contributed by atoms with Crippen LogP contribution >= 0.6 is 23.2 Å². The molecule has 0 aromatic heterocycles. The van der Waals surface area contributed by atoms with E-state index in [1.165, 1.54) is 0 Å². The van der Waals surface area contributed by atoms with Gasteiger partial charge >= 0.3 is 0 Å². The summed E-state index contributed by atoms with van der Waals surface area (Å²) in [5.41, 5.74) is 1.52. The zero-order valence-corrected chi connectivity index (χ0v) is 11.4. The largest absolute Gasteiger partial charge is 0.321 e. The SMILES string of the molecule is O=C(Nc1ccc(Cl)cc1)/C(Cl)=C\c1ccccc1. The van der Waals surface area contributed by atoms with E-state index >= 15 is 0 Å². The van der Waals surface area contributed by atoms with Crippen LogP contribution in [0.1, 0.15) is 5.56 Å². The van der Waals surface area contributed by atoms with E-state index in [0.717, 1.165) is 5.56 Å². The number of nitrogens with one attached hydrogen (secondary N) is 1. The van der Waals surface area contributed by atoms with Gasteiger partial charge in [-0.2, -0.15) is 0 Å². The van der Waals surface area contributed by atoms with E-state index in [1.54, 1.807) is 30.3 Å². The third kappa shape index (κ3) is 4.12. The summed E-state index contributed by atoms with van der Waals surface area (Å²) in [6, 6.07) is 16.2. The van der Waals surface area contributed by atoms with Crippen molar-refractivity contribution in [2.75, 3.05) is 5.32 Å². The second kappa shape index (κ2) is 6.41. The number of carbonyl (C=O) groups excluding carboxylic acids is 1. The Labute approximate surface area is 121 Å². The molecule has 1 amide bonds. The van der Waals surface area contributed by atoms with Gasteiger partial charge in [0, 0.05) is 10.7 Å². The van der Waals surface area contributed by atoms with E-state index in [1.807, 2.05) is 30.3 Å². The Balaban J connectivity index is 2.07. The van der Waals surface area contributed by atoms with E-state index in [0.29, 0.717) is 10.7 Å². The summed E-state index contributed by atoms with van der Waals surface area (Å²) in [6.45, 7) is 0. The van der Waals surface area contributed by atoms with Gasteiger partial charge < -0.3 is 5.32 Å². The van der Waals surface area contributed by atoms with Crippen molar-refractivity contribution in [1.82, 2.24) is 0 Å². The highest BCUT2D eigenvalue weighted by Crippen LogP contribution is 2.16. The van der Waals surface area contributed by atoms with E-state index in [4.69, 9.17) is 23.2 Å².